The van der Waals surface area contributed by atoms with Crippen LogP contribution in [0.15, 0.2) is 0 Å². The first-order valence-electron chi connectivity index (χ1n) is 6.22. The Kier molecular flexibility index (Phi) is 5.88. The second-order valence-corrected chi connectivity index (χ2v) is 4.49. The highest BCUT2D eigenvalue weighted by atomic mass is 16.5. The predicted molar refractivity (Wildman–Crippen MR) is 65.7 cm³/mol. The van der Waals surface area contributed by atoms with Crippen molar-refractivity contribution in [2.45, 2.75) is 45.0 Å². The first-order valence-corrected chi connectivity index (χ1v) is 6.22. The van der Waals surface area contributed by atoms with Crippen molar-refractivity contribution in [2.24, 2.45) is 0 Å². The molecule has 1 saturated heterocycles. The second kappa shape index (κ2) is 6.93. The smallest absolute Gasteiger partial charge is 0.241 e. The van der Waals surface area contributed by atoms with E-state index in [1.807, 2.05) is 11.8 Å². The number of hydrogen-bond acceptors (Lipinski definition) is 4. The molecule has 100 valence electrons. The molecule has 0 aromatic rings. The fourth-order valence-corrected chi connectivity index (χ4v) is 2.19. The summed E-state index contributed by atoms with van der Waals surface area (Å²) in [5, 5.41) is 3.31. The first-order chi connectivity index (χ1) is 8.13. The number of rotatable bonds is 7. The van der Waals surface area contributed by atoms with Gasteiger partial charge in [-0.2, -0.15) is 0 Å². The van der Waals surface area contributed by atoms with Gasteiger partial charge in [0.15, 0.2) is 0 Å². The van der Waals surface area contributed by atoms with E-state index in [9.17, 15) is 4.79 Å². The van der Waals surface area contributed by atoms with Crippen molar-refractivity contribution in [2.75, 3.05) is 27.4 Å². The van der Waals surface area contributed by atoms with Crippen LogP contribution in [0.2, 0.25) is 0 Å². The van der Waals surface area contributed by atoms with Gasteiger partial charge in [0.2, 0.25) is 5.91 Å². The lowest BCUT2D eigenvalue weighted by Crippen LogP contribution is -2.42. The number of amides is 1. The van der Waals surface area contributed by atoms with Crippen molar-refractivity contribution >= 4 is 5.91 Å². The van der Waals surface area contributed by atoms with Gasteiger partial charge in [-0.05, 0) is 13.3 Å². The number of carbonyl (C=O) groups excluding carboxylic acids is 1. The summed E-state index contributed by atoms with van der Waals surface area (Å²) in [6.07, 6.45) is 1.92. The Balaban J connectivity index is 2.55. The zero-order valence-corrected chi connectivity index (χ0v) is 11.2. The summed E-state index contributed by atoms with van der Waals surface area (Å²) >= 11 is 0. The van der Waals surface area contributed by atoms with Crippen LogP contribution in [0.1, 0.15) is 26.7 Å². The fraction of sp³-hybridized carbons (Fsp3) is 0.917. The molecular weight excluding hydrogens is 220 g/mol. The SMILES string of the molecule is CCCC1NC(C)N(CC(COC)OC)C1=O. The Morgan fingerprint density at radius 3 is 2.71 bits per heavy atom. The van der Waals surface area contributed by atoms with Crippen LogP contribution in [0, 0.1) is 0 Å². The number of carbonyl (C=O) groups is 1. The number of hydrogen-bond donors (Lipinski definition) is 1. The van der Waals surface area contributed by atoms with Crippen LogP contribution in [0.25, 0.3) is 0 Å². The standard InChI is InChI=1S/C12H24N2O3/c1-5-6-11-12(15)14(9(2)13-11)7-10(17-4)8-16-3/h9-11,13H,5-8H2,1-4H3. The largest absolute Gasteiger partial charge is 0.382 e. The lowest BCUT2D eigenvalue weighted by Gasteiger charge is -2.25. The van der Waals surface area contributed by atoms with E-state index < -0.39 is 0 Å². The lowest BCUT2D eigenvalue weighted by molar-refractivity contribution is -0.132. The molecule has 0 radical (unpaired) electrons. The topological polar surface area (TPSA) is 50.8 Å². The summed E-state index contributed by atoms with van der Waals surface area (Å²) in [5.41, 5.74) is 0. The number of nitrogens with zero attached hydrogens (tertiary/aromatic N) is 1. The molecule has 0 saturated carbocycles. The maximum atomic E-state index is 12.1. The van der Waals surface area contributed by atoms with Crippen LogP contribution in [0.5, 0.6) is 0 Å². The van der Waals surface area contributed by atoms with Gasteiger partial charge in [-0.15, -0.1) is 0 Å². The van der Waals surface area contributed by atoms with E-state index in [2.05, 4.69) is 12.2 Å². The minimum Gasteiger partial charge on any atom is -0.382 e. The van der Waals surface area contributed by atoms with Crippen molar-refractivity contribution in [1.29, 1.82) is 0 Å². The zero-order valence-electron chi connectivity index (χ0n) is 11.2. The van der Waals surface area contributed by atoms with Crippen LogP contribution in [-0.4, -0.2) is 56.5 Å². The summed E-state index contributed by atoms with van der Waals surface area (Å²) in [6, 6.07) is -0.0324. The summed E-state index contributed by atoms with van der Waals surface area (Å²) in [5.74, 6) is 0.178. The van der Waals surface area contributed by atoms with Gasteiger partial charge < -0.3 is 14.4 Å². The normalized spacial score (nSPS) is 26.6. The lowest BCUT2D eigenvalue weighted by atomic mass is 10.1. The number of nitrogens with one attached hydrogen (secondary N) is 1. The van der Waals surface area contributed by atoms with E-state index in [-0.39, 0.29) is 24.2 Å². The molecule has 0 bridgehead atoms. The summed E-state index contributed by atoms with van der Waals surface area (Å²) in [7, 11) is 3.28. The average molecular weight is 244 g/mol. The van der Waals surface area contributed by atoms with Crippen LogP contribution in [-0.2, 0) is 14.3 Å². The molecule has 1 N–H and O–H groups in total. The molecule has 5 nitrogen and oxygen atoms in total. The zero-order chi connectivity index (χ0) is 12.8. The molecule has 1 amide bonds. The minimum absolute atomic E-state index is 0.0324. The Labute approximate surface area is 103 Å². The third-order valence-electron chi connectivity index (χ3n) is 3.15. The van der Waals surface area contributed by atoms with Gasteiger partial charge in [0.1, 0.15) is 0 Å². The second-order valence-electron chi connectivity index (χ2n) is 4.49. The van der Waals surface area contributed by atoms with Gasteiger partial charge in [0.25, 0.3) is 0 Å². The molecule has 1 aliphatic rings. The summed E-state index contributed by atoms with van der Waals surface area (Å²) < 4.78 is 10.4. The van der Waals surface area contributed by atoms with Gasteiger partial charge in [0.05, 0.1) is 31.5 Å². The van der Waals surface area contributed by atoms with Gasteiger partial charge >= 0.3 is 0 Å². The van der Waals surface area contributed by atoms with Crippen LogP contribution < -0.4 is 5.32 Å². The van der Waals surface area contributed by atoms with Crippen LogP contribution >= 0.6 is 0 Å². The third kappa shape index (κ3) is 3.66. The monoisotopic (exact) mass is 244 g/mol. The predicted octanol–water partition coefficient (Wildman–Crippen LogP) is 0.594. The number of ether oxygens (including phenoxy) is 2. The molecule has 5 heteroatoms. The van der Waals surface area contributed by atoms with E-state index in [0.717, 1.165) is 12.8 Å². The van der Waals surface area contributed by atoms with E-state index in [1.165, 1.54) is 0 Å². The Hall–Kier alpha value is -0.650. The molecule has 3 unspecified atom stereocenters. The quantitative estimate of drug-likeness (QED) is 0.712. The summed E-state index contributed by atoms with van der Waals surface area (Å²) in [6.45, 7) is 5.18. The Morgan fingerprint density at radius 2 is 2.18 bits per heavy atom. The van der Waals surface area contributed by atoms with Crippen molar-refractivity contribution < 1.29 is 14.3 Å². The number of methoxy groups -OCH3 is 2. The minimum atomic E-state index is -0.0615. The first kappa shape index (κ1) is 14.4. The Morgan fingerprint density at radius 1 is 1.47 bits per heavy atom. The van der Waals surface area contributed by atoms with Crippen molar-refractivity contribution in [3.63, 3.8) is 0 Å². The van der Waals surface area contributed by atoms with E-state index in [1.54, 1.807) is 14.2 Å². The molecular formula is C12H24N2O3. The molecule has 1 rings (SSSR count). The van der Waals surface area contributed by atoms with E-state index >= 15 is 0 Å². The van der Waals surface area contributed by atoms with Crippen molar-refractivity contribution in [3.05, 3.63) is 0 Å². The molecule has 1 fully saturated rings. The van der Waals surface area contributed by atoms with Gasteiger partial charge in [-0.1, -0.05) is 13.3 Å². The summed E-state index contributed by atoms with van der Waals surface area (Å²) in [4.78, 5) is 14.0. The fourth-order valence-electron chi connectivity index (χ4n) is 2.19. The van der Waals surface area contributed by atoms with Crippen molar-refractivity contribution in [1.82, 2.24) is 10.2 Å². The average Bonchev–Trinajstić information content (AvgIpc) is 2.56. The molecule has 1 aliphatic heterocycles. The van der Waals surface area contributed by atoms with Gasteiger partial charge in [0, 0.05) is 14.2 Å². The maximum Gasteiger partial charge on any atom is 0.241 e. The molecule has 0 aromatic heterocycles. The van der Waals surface area contributed by atoms with Crippen molar-refractivity contribution in [3.8, 4) is 0 Å². The van der Waals surface area contributed by atoms with Gasteiger partial charge in [-0.25, -0.2) is 0 Å². The molecule has 0 spiro atoms. The van der Waals surface area contributed by atoms with Gasteiger partial charge in [-0.3, -0.25) is 10.1 Å². The molecule has 0 aliphatic carbocycles. The van der Waals surface area contributed by atoms with Crippen LogP contribution in [0.3, 0.4) is 0 Å². The molecule has 3 atom stereocenters. The van der Waals surface area contributed by atoms with Crippen LogP contribution in [0.4, 0.5) is 0 Å². The highest BCUT2D eigenvalue weighted by Gasteiger charge is 2.36. The third-order valence-corrected chi connectivity index (χ3v) is 3.15. The maximum absolute atomic E-state index is 12.1. The van der Waals surface area contributed by atoms with E-state index in [4.69, 9.17) is 9.47 Å². The molecule has 0 aromatic carbocycles. The molecule has 17 heavy (non-hydrogen) atoms. The highest BCUT2D eigenvalue weighted by molar-refractivity contribution is 5.84. The molecule has 1 heterocycles. The highest BCUT2D eigenvalue weighted by Crippen LogP contribution is 2.15. The Bertz CT molecular complexity index is 248. The van der Waals surface area contributed by atoms with E-state index in [0.29, 0.717) is 13.2 Å².